The molecule has 0 saturated heterocycles. The first-order chi connectivity index (χ1) is 7.75. The minimum Gasteiger partial charge on any atom is -0.342 e. The van der Waals surface area contributed by atoms with E-state index < -0.39 is 4.92 Å². The van der Waals surface area contributed by atoms with Crippen molar-refractivity contribution >= 4 is 17.8 Å². The van der Waals surface area contributed by atoms with Gasteiger partial charge in [-0.1, -0.05) is 23.4 Å². The zero-order valence-electron chi connectivity index (χ0n) is 8.11. The van der Waals surface area contributed by atoms with E-state index in [0.717, 1.165) is 0 Å². The lowest BCUT2D eigenvalue weighted by molar-refractivity contribution is -0.384. The number of aromatic nitrogens is 2. The summed E-state index contributed by atoms with van der Waals surface area (Å²) >= 11 is 0. The molecule has 0 aliphatic heterocycles. The molecule has 1 heterocycles. The first kappa shape index (κ1) is 10.0. The fourth-order valence-corrected chi connectivity index (χ4v) is 1.16. The number of rotatable bonds is 3. The van der Waals surface area contributed by atoms with Crippen molar-refractivity contribution in [2.45, 2.75) is 0 Å². The van der Waals surface area contributed by atoms with Gasteiger partial charge in [0.1, 0.15) is 0 Å². The van der Waals surface area contributed by atoms with Gasteiger partial charge in [-0.2, -0.15) is 4.98 Å². The molecule has 0 radical (unpaired) electrons. The van der Waals surface area contributed by atoms with Crippen LogP contribution in [-0.4, -0.2) is 15.1 Å². The Balaban J connectivity index is 2.22. The summed E-state index contributed by atoms with van der Waals surface area (Å²) in [5.41, 5.74) is 0.759. The van der Waals surface area contributed by atoms with E-state index in [1.54, 1.807) is 24.3 Å². The van der Waals surface area contributed by atoms with Crippen LogP contribution in [0, 0.1) is 10.1 Å². The molecule has 0 fully saturated rings. The van der Waals surface area contributed by atoms with Crippen molar-refractivity contribution in [1.82, 2.24) is 10.1 Å². The molecule has 0 spiro atoms. The van der Waals surface area contributed by atoms with Crippen molar-refractivity contribution in [2.24, 2.45) is 0 Å². The molecule has 1 aromatic heterocycles. The normalized spacial score (nSPS) is 10.8. The van der Waals surface area contributed by atoms with Gasteiger partial charge in [0.25, 0.3) is 5.69 Å². The Morgan fingerprint density at radius 1 is 1.38 bits per heavy atom. The van der Waals surface area contributed by atoms with E-state index in [2.05, 4.69) is 14.7 Å². The van der Waals surface area contributed by atoms with E-state index >= 15 is 0 Å². The summed E-state index contributed by atoms with van der Waals surface area (Å²) in [4.78, 5) is 13.9. The smallest absolute Gasteiger partial charge is 0.270 e. The molecule has 0 aliphatic carbocycles. The van der Waals surface area contributed by atoms with Crippen LogP contribution in [0.25, 0.3) is 12.2 Å². The van der Waals surface area contributed by atoms with Gasteiger partial charge >= 0.3 is 0 Å². The molecule has 0 atom stereocenters. The molecular weight excluding hydrogens is 210 g/mol. The highest BCUT2D eigenvalue weighted by Crippen LogP contribution is 2.14. The number of nitrogens with zero attached hydrogens (tertiary/aromatic N) is 3. The van der Waals surface area contributed by atoms with Crippen LogP contribution in [0.4, 0.5) is 5.69 Å². The van der Waals surface area contributed by atoms with Crippen molar-refractivity contribution in [3.8, 4) is 0 Å². The van der Waals surface area contributed by atoms with Gasteiger partial charge < -0.3 is 4.52 Å². The zero-order valence-corrected chi connectivity index (χ0v) is 8.11. The Morgan fingerprint density at radius 2 is 2.25 bits per heavy atom. The van der Waals surface area contributed by atoms with Crippen LogP contribution in [0.15, 0.2) is 35.2 Å². The second kappa shape index (κ2) is 4.35. The van der Waals surface area contributed by atoms with Gasteiger partial charge in [-0.15, -0.1) is 0 Å². The van der Waals surface area contributed by atoms with Crippen molar-refractivity contribution in [3.05, 3.63) is 52.2 Å². The molecule has 0 N–H and O–H groups in total. The largest absolute Gasteiger partial charge is 0.342 e. The third kappa shape index (κ3) is 2.30. The molecule has 2 aromatic rings. The third-order valence-corrected chi connectivity index (χ3v) is 1.88. The average molecular weight is 217 g/mol. The van der Waals surface area contributed by atoms with Gasteiger partial charge in [0.05, 0.1) is 4.92 Å². The van der Waals surface area contributed by atoms with Crippen molar-refractivity contribution < 1.29 is 9.45 Å². The summed E-state index contributed by atoms with van der Waals surface area (Å²) in [5, 5.41) is 14.1. The van der Waals surface area contributed by atoms with Gasteiger partial charge in [-0.25, -0.2) is 0 Å². The maximum Gasteiger partial charge on any atom is 0.270 e. The van der Waals surface area contributed by atoms with Gasteiger partial charge in [-0.3, -0.25) is 10.1 Å². The maximum absolute atomic E-state index is 10.5. The Labute approximate surface area is 90.4 Å². The standard InChI is InChI=1S/C10H7N3O3/c14-13(15)9-3-1-2-8(6-9)4-5-10-11-7-16-12-10/h1-7H/b5-4+. The Morgan fingerprint density at radius 3 is 2.94 bits per heavy atom. The molecule has 2 rings (SSSR count). The van der Waals surface area contributed by atoms with Gasteiger partial charge in [0.2, 0.25) is 6.39 Å². The van der Waals surface area contributed by atoms with E-state index in [4.69, 9.17) is 0 Å². The van der Waals surface area contributed by atoms with Crippen LogP contribution in [-0.2, 0) is 0 Å². The number of hydrogen-bond donors (Lipinski definition) is 0. The molecule has 6 nitrogen and oxygen atoms in total. The minimum atomic E-state index is -0.439. The maximum atomic E-state index is 10.5. The molecule has 0 saturated carbocycles. The van der Waals surface area contributed by atoms with Crippen molar-refractivity contribution in [3.63, 3.8) is 0 Å². The highest BCUT2D eigenvalue weighted by atomic mass is 16.6. The second-order valence-electron chi connectivity index (χ2n) is 2.97. The number of nitro groups is 1. The summed E-state index contributed by atoms with van der Waals surface area (Å²) in [7, 11) is 0. The Kier molecular flexibility index (Phi) is 2.73. The molecule has 6 heteroatoms. The minimum absolute atomic E-state index is 0.0512. The van der Waals surface area contributed by atoms with Crippen LogP contribution in [0.2, 0.25) is 0 Å². The molecule has 1 aromatic carbocycles. The van der Waals surface area contributed by atoms with E-state index in [1.807, 2.05) is 0 Å². The summed E-state index contributed by atoms with van der Waals surface area (Å²) in [5.74, 6) is 0.423. The second-order valence-corrected chi connectivity index (χ2v) is 2.97. The van der Waals surface area contributed by atoms with E-state index in [9.17, 15) is 10.1 Å². The van der Waals surface area contributed by atoms with Gasteiger partial charge in [-0.05, 0) is 11.6 Å². The summed E-state index contributed by atoms with van der Waals surface area (Å²) in [6, 6.07) is 6.28. The highest BCUT2D eigenvalue weighted by molar-refractivity contribution is 5.67. The lowest BCUT2D eigenvalue weighted by Crippen LogP contribution is -1.87. The lowest BCUT2D eigenvalue weighted by Gasteiger charge is -1.93. The molecule has 16 heavy (non-hydrogen) atoms. The first-order valence-electron chi connectivity index (χ1n) is 4.44. The van der Waals surface area contributed by atoms with Crippen LogP contribution < -0.4 is 0 Å². The number of benzene rings is 1. The molecule has 0 amide bonds. The summed E-state index contributed by atoms with van der Waals surface area (Å²) in [6.07, 6.45) is 4.51. The molecule has 0 unspecified atom stereocenters. The summed E-state index contributed by atoms with van der Waals surface area (Å²) in [6.45, 7) is 0. The predicted molar refractivity (Wildman–Crippen MR) is 56.3 cm³/mol. The lowest BCUT2D eigenvalue weighted by atomic mass is 10.2. The average Bonchev–Trinajstić information content (AvgIpc) is 2.79. The molecule has 80 valence electrons. The number of non-ortho nitro benzene ring substituents is 1. The third-order valence-electron chi connectivity index (χ3n) is 1.88. The van der Waals surface area contributed by atoms with E-state index in [-0.39, 0.29) is 5.69 Å². The fraction of sp³-hybridized carbons (Fsp3) is 0. The van der Waals surface area contributed by atoms with Crippen LogP contribution in [0.5, 0.6) is 0 Å². The molecule has 0 bridgehead atoms. The highest BCUT2D eigenvalue weighted by Gasteiger charge is 2.03. The quantitative estimate of drug-likeness (QED) is 0.581. The summed E-state index contributed by atoms with van der Waals surface area (Å²) < 4.78 is 4.54. The molecule has 0 aliphatic rings. The van der Waals surface area contributed by atoms with Crippen LogP contribution in [0.1, 0.15) is 11.4 Å². The first-order valence-corrected chi connectivity index (χ1v) is 4.44. The number of nitro benzene ring substituents is 1. The Bertz CT molecular complexity index is 520. The Hall–Kier alpha value is -2.50. The van der Waals surface area contributed by atoms with Gasteiger partial charge in [0.15, 0.2) is 5.82 Å². The topological polar surface area (TPSA) is 82.1 Å². The van der Waals surface area contributed by atoms with Crippen molar-refractivity contribution in [2.75, 3.05) is 0 Å². The predicted octanol–water partition coefficient (Wildman–Crippen LogP) is 2.15. The van der Waals surface area contributed by atoms with Crippen molar-refractivity contribution in [1.29, 1.82) is 0 Å². The van der Waals surface area contributed by atoms with Crippen LogP contribution in [0.3, 0.4) is 0 Å². The zero-order chi connectivity index (χ0) is 11.4. The monoisotopic (exact) mass is 217 g/mol. The molecular formula is C10H7N3O3. The SMILES string of the molecule is O=[N+]([O-])c1cccc(/C=C/c2ncon2)c1. The van der Waals surface area contributed by atoms with Gasteiger partial charge in [0, 0.05) is 12.1 Å². The fourth-order valence-electron chi connectivity index (χ4n) is 1.16. The number of hydrogen-bond acceptors (Lipinski definition) is 5. The van der Waals surface area contributed by atoms with E-state index in [1.165, 1.54) is 18.5 Å². The van der Waals surface area contributed by atoms with Crippen LogP contribution >= 0.6 is 0 Å². The van der Waals surface area contributed by atoms with E-state index in [0.29, 0.717) is 11.4 Å².